The van der Waals surface area contributed by atoms with Crippen LogP contribution in [0.2, 0.25) is 0 Å². The maximum Gasteiger partial charge on any atom is 0.226 e. The lowest BCUT2D eigenvalue weighted by Crippen LogP contribution is -2.28. The molecule has 2 rings (SSSR count). The summed E-state index contributed by atoms with van der Waals surface area (Å²) in [7, 11) is 0. The van der Waals surface area contributed by atoms with Crippen molar-refractivity contribution in [2.75, 3.05) is 18.4 Å². The van der Waals surface area contributed by atoms with Crippen LogP contribution in [-0.4, -0.2) is 24.0 Å². The second-order valence-corrected chi connectivity index (χ2v) is 7.43. The molecule has 1 fully saturated rings. The van der Waals surface area contributed by atoms with Gasteiger partial charge in [-0.3, -0.25) is 4.79 Å². The molecule has 2 N–H and O–H groups in total. The number of piperidine rings is 1. The monoisotopic (exact) mass is 295 g/mol. The van der Waals surface area contributed by atoms with Crippen LogP contribution in [0.4, 0.5) is 5.13 Å². The van der Waals surface area contributed by atoms with Crippen molar-refractivity contribution in [3.05, 3.63) is 11.1 Å². The maximum absolute atomic E-state index is 12.0. The highest BCUT2D eigenvalue weighted by Gasteiger charge is 2.19. The number of thiazole rings is 1. The summed E-state index contributed by atoms with van der Waals surface area (Å²) in [6.07, 6.45) is 3.98. The zero-order chi connectivity index (χ0) is 14.6. The molecule has 4 nitrogen and oxygen atoms in total. The van der Waals surface area contributed by atoms with Crippen LogP contribution in [-0.2, 0) is 10.2 Å². The van der Waals surface area contributed by atoms with Gasteiger partial charge in [-0.1, -0.05) is 20.8 Å². The molecule has 0 radical (unpaired) electrons. The van der Waals surface area contributed by atoms with Crippen molar-refractivity contribution in [2.45, 2.75) is 51.9 Å². The van der Waals surface area contributed by atoms with E-state index in [4.69, 9.17) is 0 Å². The van der Waals surface area contributed by atoms with Crippen molar-refractivity contribution in [3.8, 4) is 0 Å². The number of nitrogens with one attached hydrogen (secondary N) is 2. The summed E-state index contributed by atoms with van der Waals surface area (Å²) in [5, 5.41) is 9.03. The molecule has 0 atom stereocenters. The van der Waals surface area contributed by atoms with Gasteiger partial charge in [0.1, 0.15) is 0 Å². The molecule has 5 heteroatoms. The second-order valence-electron chi connectivity index (χ2n) is 6.57. The summed E-state index contributed by atoms with van der Waals surface area (Å²) in [5.74, 6) is 0.793. The van der Waals surface area contributed by atoms with Gasteiger partial charge in [-0.15, -0.1) is 11.3 Å². The molecule has 1 amide bonds. The number of amides is 1. The van der Waals surface area contributed by atoms with E-state index in [2.05, 4.69) is 36.4 Å². The van der Waals surface area contributed by atoms with Gasteiger partial charge in [0, 0.05) is 17.2 Å². The first kappa shape index (κ1) is 15.4. The molecule has 0 spiro atoms. The van der Waals surface area contributed by atoms with Crippen molar-refractivity contribution in [2.24, 2.45) is 5.92 Å². The molecule has 2 heterocycles. The number of anilines is 1. The lowest BCUT2D eigenvalue weighted by Gasteiger charge is -2.21. The zero-order valence-electron chi connectivity index (χ0n) is 12.7. The van der Waals surface area contributed by atoms with Crippen LogP contribution in [0.15, 0.2) is 5.38 Å². The quantitative estimate of drug-likeness (QED) is 0.897. The summed E-state index contributed by atoms with van der Waals surface area (Å²) in [4.78, 5) is 16.4. The Labute approximate surface area is 125 Å². The Morgan fingerprint density at radius 3 is 2.75 bits per heavy atom. The van der Waals surface area contributed by atoms with Gasteiger partial charge in [0.05, 0.1) is 5.69 Å². The lowest BCUT2D eigenvalue weighted by molar-refractivity contribution is -0.116. The number of carbonyl (C=O) groups is 1. The van der Waals surface area contributed by atoms with Crippen LogP contribution in [0, 0.1) is 5.92 Å². The van der Waals surface area contributed by atoms with Crippen LogP contribution < -0.4 is 10.6 Å². The second kappa shape index (κ2) is 6.68. The molecule has 1 aliphatic rings. The summed E-state index contributed by atoms with van der Waals surface area (Å²) in [6, 6.07) is 0. The van der Waals surface area contributed by atoms with E-state index in [1.807, 2.05) is 5.38 Å². The molecule has 112 valence electrons. The topological polar surface area (TPSA) is 54.0 Å². The molecular formula is C15H25N3OS. The smallest absolute Gasteiger partial charge is 0.226 e. The summed E-state index contributed by atoms with van der Waals surface area (Å²) in [6.45, 7) is 8.57. The van der Waals surface area contributed by atoms with Crippen LogP contribution in [0.25, 0.3) is 0 Å². The average Bonchev–Trinajstić information content (AvgIpc) is 2.86. The van der Waals surface area contributed by atoms with Gasteiger partial charge in [0.15, 0.2) is 5.13 Å². The molecule has 0 saturated carbocycles. The average molecular weight is 295 g/mol. The van der Waals surface area contributed by atoms with E-state index in [-0.39, 0.29) is 11.3 Å². The van der Waals surface area contributed by atoms with Gasteiger partial charge in [0.25, 0.3) is 0 Å². The molecule has 1 saturated heterocycles. The highest BCUT2D eigenvalue weighted by Crippen LogP contribution is 2.26. The van der Waals surface area contributed by atoms with Gasteiger partial charge in [-0.05, 0) is 38.3 Å². The maximum atomic E-state index is 12.0. The predicted octanol–water partition coefficient (Wildman–Crippen LogP) is 3.16. The molecule has 1 aliphatic heterocycles. The van der Waals surface area contributed by atoms with Crippen molar-refractivity contribution in [1.29, 1.82) is 0 Å². The Hall–Kier alpha value is -0.940. The molecule has 0 aliphatic carbocycles. The number of hydrogen-bond acceptors (Lipinski definition) is 4. The fourth-order valence-corrected chi connectivity index (χ4v) is 3.32. The third-order valence-electron chi connectivity index (χ3n) is 3.76. The first-order chi connectivity index (χ1) is 9.45. The van der Waals surface area contributed by atoms with Gasteiger partial charge in [-0.2, -0.15) is 0 Å². The molecule has 1 aromatic rings. The molecule has 0 bridgehead atoms. The standard InChI is InChI=1S/C15H25N3OS/c1-15(2,3)12-10-20-14(17-12)18-13(19)5-4-11-6-8-16-9-7-11/h10-11,16H,4-9H2,1-3H3,(H,17,18,19). The normalized spacial score (nSPS) is 17.1. The number of nitrogens with zero attached hydrogens (tertiary/aromatic N) is 1. The van der Waals surface area contributed by atoms with Crippen LogP contribution in [0.3, 0.4) is 0 Å². The molecule has 1 aromatic heterocycles. The Morgan fingerprint density at radius 1 is 1.45 bits per heavy atom. The summed E-state index contributed by atoms with van der Waals surface area (Å²) < 4.78 is 0. The minimum Gasteiger partial charge on any atom is -0.317 e. The van der Waals surface area contributed by atoms with E-state index >= 15 is 0 Å². The fourth-order valence-electron chi connectivity index (χ4n) is 2.36. The fraction of sp³-hybridized carbons (Fsp3) is 0.733. The van der Waals surface area contributed by atoms with Gasteiger partial charge < -0.3 is 10.6 Å². The van der Waals surface area contributed by atoms with E-state index in [1.165, 1.54) is 24.2 Å². The highest BCUT2D eigenvalue weighted by atomic mass is 32.1. The Bertz CT molecular complexity index is 444. The summed E-state index contributed by atoms with van der Waals surface area (Å²) >= 11 is 1.51. The Kier molecular flexibility index (Phi) is 5.16. The number of rotatable bonds is 4. The van der Waals surface area contributed by atoms with Crippen LogP contribution >= 0.6 is 11.3 Å². The Balaban J connectivity index is 1.77. The predicted molar refractivity (Wildman–Crippen MR) is 84.3 cm³/mol. The van der Waals surface area contributed by atoms with Crippen LogP contribution in [0.5, 0.6) is 0 Å². The van der Waals surface area contributed by atoms with Crippen molar-refractivity contribution < 1.29 is 4.79 Å². The third kappa shape index (κ3) is 4.56. The number of aromatic nitrogens is 1. The molecule has 0 aromatic carbocycles. The minimum absolute atomic E-state index is 0.0363. The first-order valence-electron chi connectivity index (χ1n) is 7.42. The number of carbonyl (C=O) groups excluding carboxylic acids is 1. The third-order valence-corrected chi connectivity index (χ3v) is 4.52. The first-order valence-corrected chi connectivity index (χ1v) is 8.29. The van der Waals surface area contributed by atoms with E-state index < -0.39 is 0 Å². The highest BCUT2D eigenvalue weighted by molar-refractivity contribution is 7.13. The van der Waals surface area contributed by atoms with Crippen LogP contribution in [0.1, 0.15) is 52.1 Å². The van der Waals surface area contributed by atoms with Crippen molar-refractivity contribution in [3.63, 3.8) is 0 Å². The largest absolute Gasteiger partial charge is 0.317 e. The van der Waals surface area contributed by atoms with Gasteiger partial charge in [0.2, 0.25) is 5.91 Å². The Morgan fingerprint density at radius 2 is 2.15 bits per heavy atom. The van der Waals surface area contributed by atoms with E-state index in [0.29, 0.717) is 12.3 Å². The van der Waals surface area contributed by atoms with E-state index in [1.54, 1.807) is 0 Å². The van der Waals surface area contributed by atoms with Crippen molar-refractivity contribution >= 4 is 22.4 Å². The minimum atomic E-state index is 0.0363. The van der Waals surface area contributed by atoms with E-state index in [0.717, 1.165) is 30.3 Å². The van der Waals surface area contributed by atoms with Gasteiger partial charge >= 0.3 is 0 Å². The summed E-state index contributed by atoms with van der Waals surface area (Å²) in [5.41, 5.74) is 1.07. The molecule has 0 unspecified atom stereocenters. The lowest BCUT2D eigenvalue weighted by atomic mass is 9.93. The zero-order valence-corrected chi connectivity index (χ0v) is 13.5. The number of hydrogen-bond donors (Lipinski definition) is 2. The van der Waals surface area contributed by atoms with Gasteiger partial charge in [-0.25, -0.2) is 4.98 Å². The SMILES string of the molecule is CC(C)(C)c1csc(NC(=O)CCC2CCNCC2)n1. The molecule has 20 heavy (non-hydrogen) atoms. The van der Waals surface area contributed by atoms with E-state index in [9.17, 15) is 4.79 Å². The molecular weight excluding hydrogens is 270 g/mol. The van der Waals surface area contributed by atoms with Crippen molar-refractivity contribution in [1.82, 2.24) is 10.3 Å².